The standard InChI is InChI=1S/C21H24N2O4.ClH/c1-5-14-7-9-18-15(10-14)17(24)11-20(27-18)21(25)22-12-16(23(3)4)19-8-6-13(2)26-19;/h6-11,16H,5,12H2,1-4H3,(H,22,25);1H. The van der Waals surface area contributed by atoms with E-state index in [0.29, 0.717) is 17.5 Å². The normalized spacial score (nSPS) is 12.0. The second-order valence-corrected chi connectivity index (χ2v) is 6.80. The Kier molecular flexibility index (Phi) is 7.05. The maximum atomic E-state index is 12.5. The van der Waals surface area contributed by atoms with Crippen molar-refractivity contribution < 1.29 is 13.6 Å². The minimum Gasteiger partial charge on any atom is -0.465 e. The van der Waals surface area contributed by atoms with Crippen LogP contribution in [0.3, 0.4) is 0 Å². The van der Waals surface area contributed by atoms with Gasteiger partial charge in [-0.1, -0.05) is 13.0 Å². The lowest BCUT2D eigenvalue weighted by Crippen LogP contribution is -2.34. The van der Waals surface area contributed by atoms with Crippen LogP contribution in [0, 0.1) is 6.92 Å². The van der Waals surface area contributed by atoms with Gasteiger partial charge < -0.3 is 14.2 Å². The quantitative estimate of drug-likeness (QED) is 0.677. The van der Waals surface area contributed by atoms with E-state index in [1.54, 1.807) is 6.07 Å². The number of nitrogens with one attached hydrogen (secondary N) is 1. The summed E-state index contributed by atoms with van der Waals surface area (Å²) >= 11 is 0. The van der Waals surface area contributed by atoms with E-state index >= 15 is 0 Å². The van der Waals surface area contributed by atoms with Crippen LogP contribution in [-0.4, -0.2) is 31.4 Å². The van der Waals surface area contributed by atoms with Gasteiger partial charge >= 0.3 is 0 Å². The first-order valence-corrected chi connectivity index (χ1v) is 8.96. The molecule has 1 aromatic carbocycles. The molecule has 28 heavy (non-hydrogen) atoms. The number of hydrogen-bond donors (Lipinski definition) is 1. The molecular weight excluding hydrogens is 380 g/mol. The van der Waals surface area contributed by atoms with Gasteiger partial charge in [0.25, 0.3) is 5.91 Å². The number of carbonyl (C=O) groups is 1. The van der Waals surface area contributed by atoms with E-state index in [2.05, 4.69) is 5.32 Å². The van der Waals surface area contributed by atoms with Gasteiger partial charge in [-0.3, -0.25) is 14.5 Å². The summed E-state index contributed by atoms with van der Waals surface area (Å²) in [7, 11) is 3.83. The molecule has 0 saturated heterocycles. The van der Waals surface area contributed by atoms with Crippen LogP contribution >= 0.6 is 12.4 Å². The van der Waals surface area contributed by atoms with Crippen molar-refractivity contribution in [2.45, 2.75) is 26.3 Å². The predicted octanol–water partition coefficient (Wildman–Crippen LogP) is 3.71. The fourth-order valence-electron chi connectivity index (χ4n) is 2.98. The summed E-state index contributed by atoms with van der Waals surface area (Å²) in [6.07, 6.45) is 0.829. The lowest BCUT2D eigenvalue weighted by molar-refractivity contribution is 0.0911. The number of amides is 1. The molecule has 1 amide bonds. The maximum Gasteiger partial charge on any atom is 0.287 e. The molecule has 2 heterocycles. The Morgan fingerprint density at radius 3 is 2.50 bits per heavy atom. The molecule has 7 heteroatoms. The number of aryl methyl sites for hydroxylation is 2. The molecule has 0 fully saturated rings. The SMILES string of the molecule is CCc1ccc2oc(C(=O)NCC(c3ccc(C)o3)N(C)C)cc(=O)c2c1.Cl. The first kappa shape index (κ1) is 21.7. The Hall–Kier alpha value is -2.57. The Labute approximate surface area is 169 Å². The third kappa shape index (κ3) is 4.64. The fourth-order valence-corrected chi connectivity index (χ4v) is 2.98. The van der Waals surface area contributed by atoms with Crippen LogP contribution in [0.15, 0.2) is 50.0 Å². The first-order chi connectivity index (χ1) is 12.9. The summed E-state index contributed by atoms with van der Waals surface area (Å²) in [4.78, 5) is 26.9. The van der Waals surface area contributed by atoms with Gasteiger partial charge in [-0.25, -0.2) is 0 Å². The van der Waals surface area contributed by atoms with Crippen molar-refractivity contribution >= 4 is 29.3 Å². The van der Waals surface area contributed by atoms with E-state index in [1.165, 1.54) is 6.07 Å². The van der Waals surface area contributed by atoms with Crippen molar-refractivity contribution in [1.29, 1.82) is 0 Å². The van der Waals surface area contributed by atoms with Gasteiger partial charge in [0.05, 0.1) is 11.4 Å². The average Bonchev–Trinajstić information content (AvgIpc) is 3.07. The molecule has 0 spiro atoms. The molecule has 0 radical (unpaired) electrons. The van der Waals surface area contributed by atoms with Gasteiger partial charge in [-0.15, -0.1) is 12.4 Å². The number of rotatable bonds is 6. The van der Waals surface area contributed by atoms with Crippen LogP contribution in [0.25, 0.3) is 11.0 Å². The van der Waals surface area contributed by atoms with Crippen LogP contribution < -0.4 is 10.7 Å². The smallest absolute Gasteiger partial charge is 0.287 e. The number of hydrogen-bond acceptors (Lipinski definition) is 5. The number of halogens is 1. The molecule has 3 aromatic rings. The van der Waals surface area contributed by atoms with Crippen LogP contribution in [0.4, 0.5) is 0 Å². The summed E-state index contributed by atoms with van der Waals surface area (Å²) in [5.41, 5.74) is 1.24. The van der Waals surface area contributed by atoms with E-state index in [-0.39, 0.29) is 29.6 Å². The molecule has 0 saturated carbocycles. The van der Waals surface area contributed by atoms with Crippen molar-refractivity contribution in [2.75, 3.05) is 20.6 Å². The van der Waals surface area contributed by atoms with Crippen LogP contribution in [0.2, 0.25) is 0 Å². The molecular formula is C21H25ClN2O4. The Morgan fingerprint density at radius 2 is 1.89 bits per heavy atom. The van der Waals surface area contributed by atoms with Gasteiger partial charge in [0.15, 0.2) is 11.2 Å². The third-order valence-electron chi connectivity index (χ3n) is 4.59. The minimum absolute atomic E-state index is 0. The predicted molar refractivity (Wildman–Crippen MR) is 111 cm³/mol. The number of fused-ring (bicyclic) bond motifs is 1. The zero-order valence-corrected chi connectivity index (χ0v) is 17.3. The topological polar surface area (TPSA) is 75.7 Å². The zero-order valence-electron chi connectivity index (χ0n) is 16.4. The van der Waals surface area contributed by atoms with E-state index in [0.717, 1.165) is 23.5 Å². The molecule has 6 nitrogen and oxygen atoms in total. The average molecular weight is 405 g/mol. The van der Waals surface area contributed by atoms with Gasteiger partial charge in [0.2, 0.25) is 0 Å². The molecule has 0 aliphatic rings. The summed E-state index contributed by atoms with van der Waals surface area (Å²) in [5, 5.41) is 3.32. The number of nitrogens with zero attached hydrogens (tertiary/aromatic N) is 1. The highest BCUT2D eigenvalue weighted by atomic mass is 35.5. The largest absolute Gasteiger partial charge is 0.465 e. The van der Waals surface area contributed by atoms with Gasteiger partial charge in [0, 0.05) is 12.6 Å². The van der Waals surface area contributed by atoms with Crippen molar-refractivity contribution in [3.8, 4) is 0 Å². The zero-order chi connectivity index (χ0) is 19.6. The summed E-state index contributed by atoms with van der Waals surface area (Å²) in [5.74, 6) is 1.16. The molecule has 1 N–H and O–H groups in total. The second-order valence-electron chi connectivity index (χ2n) is 6.80. The molecule has 1 unspecified atom stereocenters. The van der Waals surface area contributed by atoms with Gasteiger partial charge in [0.1, 0.15) is 17.1 Å². The van der Waals surface area contributed by atoms with Crippen molar-refractivity contribution in [3.05, 3.63) is 69.5 Å². The number of carbonyl (C=O) groups excluding carboxylic acids is 1. The summed E-state index contributed by atoms with van der Waals surface area (Å²) in [6, 6.07) is 10.4. The number of likely N-dealkylation sites (N-methyl/N-ethyl adjacent to an activating group) is 1. The Morgan fingerprint density at radius 1 is 1.14 bits per heavy atom. The molecule has 0 bridgehead atoms. The lowest BCUT2D eigenvalue weighted by atomic mass is 10.1. The molecule has 0 aliphatic carbocycles. The highest BCUT2D eigenvalue weighted by molar-refractivity contribution is 5.93. The van der Waals surface area contributed by atoms with Gasteiger partial charge in [-0.2, -0.15) is 0 Å². The summed E-state index contributed by atoms with van der Waals surface area (Å²) in [6.45, 7) is 4.23. The van der Waals surface area contributed by atoms with Crippen molar-refractivity contribution in [3.63, 3.8) is 0 Å². The number of furan rings is 1. The monoisotopic (exact) mass is 404 g/mol. The second kappa shape index (κ2) is 9.08. The lowest BCUT2D eigenvalue weighted by Gasteiger charge is -2.22. The van der Waals surface area contributed by atoms with Gasteiger partial charge in [-0.05, 0) is 57.3 Å². The highest BCUT2D eigenvalue weighted by Gasteiger charge is 2.20. The molecule has 1 atom stereocenters. The Bertz CT molecular complexity index is 1020. The van der Waals surface area contributed by atoms with Crippen molar-refractivity contribution in [2.24, 2.45) is 0 Å². The third-order valence-corrected chi connectivity index (χ3v) is 4.59. The number of benzene rings is 1. The fraction of sp³-hybridized carbons (Fsp3) is 0.333. The van der Waals surface area contributed by atoms with E-state index in [1.807, 2.05) is 57.1 Å². The highest BCUT2D eigenvalue weighted by Crippen LogP contribution is 2.20. The van der Waals surface area contributed by atoms with E-state index in [9.17, 15) is 9.59 Å². The van der Waals surface area contributed by atoms with Crippen LogP contribution in [0.1, 0.15) is 40.6 Å². The first-order valence-electron chi connectivity index (χ1n) is 8.96. The van der Waals surface area contributed by atoms with Crippen LogP contribution in [0.5, 0.6) is 0 Å². The Balaban J connectivity index is 0.00000280. The maximum absolute atomic E-state index is 12.5. The molecule has 150 valence electrons. The van der Waals surface area contributed by atoms with E-state index < -0.39 is 5.91 Å². The minimum atomic E-state index is -0.427. The summed E-state index contributed by atoms with van der Waals surface area (Å²) < 4.78 is 11.3. The van der Waals surface area contributed by atoms with Crippen molar-refractivity contribution in [1.82, 2.24) is 10.2 Å². The van der Waals surface area contributed by atoms with E-state index in [4.69, 9.17) is 8.83 Å². The molecule has 3 rings (SSSR count). The molecule has 2 aromatic heterocycles. The molecule has 0 aliphatic heterocycles. The van der Waals surface area contributed by atoms with Crippen LogP contribution in [-0.2, 0) is 6.42 Å².